The number of carbonyl (C=O) groups is 1. The van der Waals surface area contributed by atoms with Crippen molar-refractivity contribution >= 4 is 54.6 Å². The number of methoxy groups -OCH3 is 1. The maximum absolute atomic E-state index is 12.7. The van der Waals surface area contributed by atoms with Gasteiger partial charge in [0.2, 0.25) is 15.9 Å². The van der Waals surface area contributed by atoms with Crippen LogP contribution in [0.25, 0.3) is 0 Å². The molecule has 210 valence electrons. The molecule has 0 saturated carbocycles. The van der Waals surface area contributed by atoms with Crippen LogP contribution in [0.5, 0.6) is 11.5 Å². The molecule has 0 aliphatic rings. The number of halogens is 1. The Bertz CT molecular complexity index is 1500. The van der Waals surface area contributed by atoms with Crippen molar-refractivity contribution in [3.05, 3.63) is 71.8 Å². The van der Waals surface area contributed by atoms with Gasteiger partial charge in [0.05, 0.1) is 35.6 Å². The molecule has 0 spiro atoms. The van der Waals surface area contributed by atoms with Crippen molar-refractivity contribution in [2.24, 2.45) is 0 Å². The lowest BCUT2D eigenvalue weighted by atomic mass is 10.2. The molecule has 0 saturated heterocycles. The van der Waals surface area contributed by atoms with E-state index in [2.05, 4.69) is 10.0 Å². The first-order chi connectivity index (χ1) is 18.4. The molecule has 3 rings (SSSR count). The van der Waals surface area contributed by atoms with Crippen molar-refractivity contribution in [3.63, 3.8) is 0 Å². The number of carbonyl (C=O) groups excluding carboxylic acids is 1. The normalized spacial score (nSPS) is 11.5. The molecule has 39 heavy (non-hydrogen) atoms. The van der Waals surface area contributed by atoms with Crippen LogP contribution >= 0.6 is 11.6 Å². The van der Waals surface area contributed by atoms with Gasteiger partial charge in [-0.05, 0) is 80.1 Å². The minimum absolute atomic E-state index is 0.0244. The average molecular weight is 596 g/mol. The van der Waals surface area contributed by atoms with E-state index in [9.17, 15) is 21.6 Å². The number of amides is 1. The second kappa shape index (κ2) is 13.0. The Morgan fingerprint density at radius 1 is 0.949 bits per heavy atom. The number of nitrogens with one attached hydrogen (secondary N) is 2. The zero-order valence-corrected chi connectivity index (χ0v) is 24.1. The van der Waals surface area contributed by atoms with E-state index in [0.29, 0.717) is 35.2 Å². The van der Waals surface area contributed by atoms with Crippen molar-refractivity contribution < 1.29 is 31.1 Å². The van der Waals surface area contributed by atoms with E-state index in [0.717, 1.165) is 6.26 Å². The van der Waals surface area contributed by atoms with Crippen molar-refractivity contribution in [2.45, 2.75) is 24.7 Å². The number of rotatable bonds is 13. The molecule has 0 unspecified atom stereocenters. The van der Waals surface area contributed by atoms with Crippen LogP contribution in [0.3, 0.4) is 0 Å². The fourth-order valence-corrected chi connectivity index (χ4v) is 5.89. The van der Waals surface area contributed by atoms with Crippen LogP contribution < -0.4 is 23.8 Å². The summed E-state index contributed by atoms with van der Waals surface area (Å²) in [4.78, 5) is 12.5. The third-order valence-corrected chi connectivity index (χ3v) is 8.34. The van der Waals surface area contributed by atoms with Gasteiger partial charge >= 0.3 is 0 Å². The SMILES string of the molecule is CCOc1ccc(NS(=O)(=O)c2ccc(NC(=O)CCCN(c3ccc(OC)c(Cl)c3)S(C)(=O)=O)cc2)cc1. The summed E-state index contributed by atoms with van der Waals surface area (Å²) in [5.74, 6) is 0.702. The predicted octanol–water partition coefficient (Wildman–Crippen LogP) is 4.73. The minimum Gasteiger partial charge on any atom is -0.495 e. The van der Waals surface area contributed by atoms with E-state index in [1.54, 1.807) is 36.4 Å². The third kappa shape index (κ3) is 8.50. The van der Waals surface area contributed by atoms with Crippen LogP contribution in [0, 0.1) is 0 Å². The van der Waals surface area contributed by atoms with Gasteiger partial charge in [-0.3, -0.25) is 13.8 Å². The summed E-state index contributed by atoms with van der Waals surface area (Å²) in [5.41, 5.74) is 1.15. The van der Waals surface area contributed by atoms with Crippen LogP contribution in [0.1, 0.15) is 19.8 Å². The summed E-state index contributed by atoms with van der Waals surface area (Å²) in [6.07, 6.45) is 1.35. The number of sulfonamides is 2. The molecule has 0 fully saturated rings. The fourth-order valence-electron chi connectivity index (χ4n) is 3.62. The smallest absolute Gasteiger partial charge is 0.261 e. The highest BCUT2D eigenvalue weighted by atomic mass is 35.5. The van der Waals surface area contributed by atoms with Crippen LogP contribution in [-0.2, 0) is 24.8 Å². The molecular weight excluding hydrogens is 566 g/mol. The predicted molar refractivity (Wildman–Crippen MR) is 153 cm³/mol. The fraction of sp³-hybridized carbons (Fsp3) is 0.269. The van der Waals surface area contributed by atoms with Gasteiger partial charge in [0.1, 0.15) is 11.5 Å². The highest BCUT2D eigenvalue weighted by Gasteiger charge is 2.19. The molecule has 0 aliphatic carbocycles. The maximum Gasteiger partial charge on any atom is 0.261 e. The number of ether oxygens (including phenoxy) is 2. The van der Waals surface area contributed by atoms with E-state index >= 15 is 0 Å². The molecule has 1 amide bonds. The summed E-state index contributed by atoms with van der Waals surface area (Å²) in [6.45, 7) is 2.42. The number of hydrogen-bond donors (Lipinski definition) is 2. The molecular formula is C26H30ClN3O7S2. The van der Waals surface area contributed by atoms with E-state index < -0.39 is 20.0 Å². The Morgan fingerprint density at radius 3 is 2.15 bits per heavy atom. The highest BCUT2D eigenvalue weighted by molar-refractivity contribution is 7.92. The Hall–Kier alpha value is -3.48. The molecule has 0 radical (unpaired) electrons. The first-order valence-corrected chi connectivity index (χ1v) is 15.6. The summed E-state index contributed by atoms with van der Waals surface area (Å²) >= 11 is 6.14. The van der Waals surface area contributed by atoms with Gasteiger partial charge in [0, 0.05) is 24.3 Å². The van der Waals surface area contributed by atoms with E-state index in [1.807, 2.05) is 6.92 Å². The lowest BCUT2D eigenvalue weighted by molar-refractivity contribution is -0.116. The van der Waals surface area contributed by atoms with Crippen molar-refractivity contribution in [2.75, 3.05) is 40.9 Å². The molecule has 0 aliphatic heterocycles. The van der Waals surface area contributed by atoms with Gasteiger partial charge < -0.3 is 14.8 Å². The minimum atomic E-state index is -3.84. The summed E-state index contributed by atoms with van der Waals surface area (Å²) in [6, 6.07) is 16.9. The Labute approximate surface area is 234 Å². The summed E-state index contributed by atoms with van der Waals surface area (Å²) in [7, 11) is -6.00. The second-order valence-corrected chi connectivity index (χ2v) is 12.4. The molecule has 13 heteroatoms. The number of hydrogen-bond acceptors (Lipinski definition) is 7. The van der Waals surface area contributed by atoms with Crippen molar-refractivity contribution in [3.8, 4) is 11.5 Å². The van der Waals surface area contributed by atoms with Gasteiger partial charge in [-0.25, -0.2) is 16.8 Å². The lowest BCUT2D eigenvalue weighted by Crippen LogP contribution is -2.31. The first-order valence-electron chi connectivity index (χ1n) is 11.9. The molecule has 0 heterocycles. The Morgan fingerprint density at radius 2 is 1.59 bits per heavy atom. The first kappa shape index (κ1) is 30.1. The van der Waals surface area contributed by atoms with Gasteiger partial charge in [-0.2, -0.15) is 0 Å². The van der Waals surface area contributed by atoms with Crippen LogP contribution in [0.15, 0.2) is 71.6 Å². The zero-order chi connectivity index (χ0) is 28.6. The Balaban J connectivity index is 1.57. The molecule has 10 nitrogen and oxygen atoms in total. The number of benzene rings is 3. The topological polar surface area (TPSA) is 131 Å². The molecule has 3 aromatic carbocycles. The summed E-state index contributed by atoms with van der Waals surface area (Å²) in [5, 5.41) is 2.96. The van der Waals surface area contributed by atoms with Gasteiger partial charge in [0.25, 0.3) is 10.0 Å². The maximum atomic E-state index is 12.7. The van der Waals surface area contributed by atoms with E-state index in [1.165, 1.54) is 41.7 Å². The van der Waals surface area contributed by atoms with Crippen LogP contribution in [0.4, 0.5) is 17.1 Å². The van der Waals surface area contributed by atoms with Crippen LogP contribution in [-0.4, -0.2) is 49.3 Å². The monoisotopic (exact) mass is 595 g/mol. The largest absolute Gasteiger partial charge is 0.495 e. The zero-order valence-electron chi connectivity index (χ0n) is 21.7. The third-order valence-electron chi connectivity index (χ3n) is 5.45. The van der Waals surface area contributed by atoms with Crippen molar-refractivity contribution in [1.82, 2.24) is 0 Å². The highest BCUT2D eigenvalue weighted by Crippen LogP contribution is 2.30. The molecule has 0 atom stereocenters. The molecule has 0 aromatic heterocycles. The van der Waals surface area contributed by atoms with Gasteiger partial charge in [-0.15, -0.1) is 0 Å². The summed E-state index contributed by atoms with van der Waals surface area (Å²) < 4.78 is 64.2. The molecule has 0 bridgehead atoms. The van der Waals surface area contributed by atoms with Crippen LogP contribution in [0.2, 0.25) is 5.02 Å². The van der Waals surface area contributed by atoms with E-state index in [-0.39, 0.29) is 35.2 Å². The van der Waals surface area contributed by atoms with Crippen molar-refractivity contribution in [1.29, 1.82) is 0 Å². The molecule has 2 N–H and O–H groups in total. The second-order valence-electron chi connectivity index (χ2n) is 8.39. The Kier molecular flexibility index (Phi) is 10.1. The van der Waals surface area contributed by atoms with Gasteiger partial charge in [0.15, 0.2) is 0 Å². The van der Waals surface area contributed by atoms with Gasteiger partial charge in [-0.1, -0.05) is 11.6 Å². The van der Waals surface area contributed by atoms with E-state index in [4.69, 9.17) is 21.1 Å². The number of anilines is 3. The molecule has 3 aromatic rings. The quantitative estimate of drug-likeness (QED) is 0.292. The lowest BCUT2D eigenvalue weighted by Gasteiger charge is -2.23. The number of nitrogens with zero attached hydrogens (tertiary/aromatic N) is 1. The average Bonchev–Trinajstić information content (AvgIpc) is 2.87. The standard InChI is InChI=1S/C26H30ClN3O7S2/c1-4-37-22-12-7-20(8-13-22)29-39(34,35)23-14-9-19(10-15-23)28-26(31)6-5-17-30(38(3,32)33)21-11-16-25(36-2)24(27)18-21/h7-16,18,29H,4-6,17H2,1-3H3,(H,28,31).